The van der Waals surface area contributed by atoms with E-state index in [0.29, 0.717) is 12.8 Å². The summed E-state index contributed by atoms with van der Waals surface area (Å²) in [5.74, 6) is -3.63. The Bertz CT molecular complexity index is 1430. The Morgan fingerprint density at radius 1 is 0.632 bits per heavy atom. The zero-order valence-electron chi connectivity index (χ0n) is 21.0. The Labute approximate surface area is 219 Å². The van der Waals surface area contributed by atoms with Crippen LogP contribution in [0.3, 0.4) is 0 Å². The minimum Gasteiger partial charge on any atom is -0.481 e. The van der Waals surface area contributed by atoms with E-state index in [9.17, 15) is 34.5 Å². The highest BCUT2D eigenvalue weighted by Gasteiger charge is 2.33. The Morgan fingerprint density at radius 3 is 1.68 bits per heavy atom. The van der Waals surface area contributed by atoms with Crippen LogP contribution in [0.2, 0.25) is 0 Å². The number of hydrogen-bond donors (Lipinski definition) is 4. The molecule has 0 heterocycles. The Kier molecular flexibility index (Phi) is 8.10. The second-order valence-electron chi connectivity index (χ2n) is 9.94. The van der Waals surface area contributed by atoms with Gasteiger partial charge in [0.25, 0.3) is 0 Å². The van der Waals surface area contributed by atoms with E-state index in [1.165, 1.54) is 21.5 Å². The lowest BCUT2D eigenvalue weighted by Gasteiger charge is -2.34. The molecule has 4 aromatic carbocycles. The molecule has 4 rings (SSSR count). The molecule has 4 N–H and O–H groups in total. The summed E-state index contributed by atoms with van der Waals surface area (Å²) in [6, 6.07) is 18.9. The highest BCUT2D eigenvalue weighted by molar-refractivity contribution is 6.23. The van der Waals surface area contributed by atoms with Gasteiger partial charge in [-0.1, -0.05) is 54.6 Å². The number of carboxylic acids is 3. The summed E-state index contributed by atoms with van der Waals surface area (Å²) < 4.78 is 0. The van der Waals surface area contributed by atoms with Crippen LogP contribution in [0.1, 0.15) is 56.9 Å². The number of rotatable bonds is 14. The smallest absolute Gasteiger partial charge is 0.303 e. The third-order valence-corrected chi connectivity index (χ3v) is 7.33. The molecule has 8 heteroatoms. The number of carboxylic acid groups (broad SMARTS) is 3. The molecule has 0 unspecified atom stereocenters. The third kappa shape index (κ3) is 6.19. The van der Waals surface area contributed by atoms with Gasteiger partial charge in [-0.15, -0.1) is 0 Å². The molecule has 0 spiro atoms. The first-order chi connectivity index (χ1) is 18.2. The fraction of sp³-hybridized carbons (Fsp3) is 0.333. The predicted molar refractivity (Wildman–Crippen MR) is 145 cm³/mol. The van der Waals surface area contributed by atoms with Crippen LogP contribution in [-0.4, -0.2) is 44.7 Å². The van der Waals surface area contributed by atoms with Gasteiger partial charge in [0.05, 0.1) is 0 Å². The van der Waals surface area contributed by atoms with Crippen molar-refractivity contribution in [1.29, 1.82) is 0 Å². The summed E-state index contributed by atoms with van der Waals surface area (Å²) in [6.07, 6.45) is 0.303. The fourth-order valence-electron chi connectivity index (χ4n) is 5.41. The van der Waals surface area contributed by atoms with Crippen LogP contribution in [0.25, 0.3) is 32.3 Å². The average molecular weight is 518 g/mol. The molecular weight excluding hydrogens is 486 g/mol. The first-order valence-electron chi connectivity index (χ1n) is 12.8. The largest absolute Gasteiger partial charge is 0.481 e. The van der Waals surface area contributed by atoms with Crippen LogP contribution in [0.15, 0.2) is 54.6 Å². The molecule has 0 fully saturated rings. The van der Waals surface area contributed by atoms with Gasteiger partial charge in [0.2, 0.25) is 5.91 Å². The van der Waals surface area contributed by atoms with Gasteiger partial charge in [-0.25, -0.2) is 0 Å². The van der Waals surface area contributed by atoms with Crippen LogP contribution in [0.5, 0.6) is 0 Å². The number of nitrogens with one attached hydrogen (secondary N) is 1. The quantitative estimate of drug-likeness (QED) is 0.165. The van der Waals surface area contributed by atoms with Crippen LogP contribution >= 0.6 is 0 Å². The minimum atomic E-state index is -1.21. The zero-order chi connectivity index (χ0) is 27.3. The topological polar surface area (TPSA) is 141 Å². The maximum Gasteiger partial charge on any atom is 0.303 e. The second-order valence-corrected chi connectivity index (χ2v) is 9.94. The Hall–Kier alpha value is -4.20. The Morgan fingerprint density at radius 2 is 1.13 bits per heavy atom. The van der Waals surface area contributed by atoms with E-state index < -0.39 is 23.4 Å². The van der Waals surface area contributed by atoms with Crippen molar-refractivity contribution in [2.24, 2.45) is 0 Å². The third-order valence-electron chi connectivity index (χ3n) is 7.33. The number of carbonyl (C=O) groups excluding carboxylic acids is 1. The lowest BCUT2D eigenvalue weighted by Crippen LogP contribution is -2.49. The van der Waals surface area contributed by atoms with E-state index in [4.69, 9.17) is 0 Å². The molecule has 8 nitrogen and oxygen atoms in total. The minimum absolute atomic E-state index is 0.0380. The van der Waals surface area contributed by atoms with Crippen molar-refractivity contribution in [2.45, 2.75) is 63.3 Å². The number of aliphatic carboxylic acids is 3. The van der Waals surface area contributed by atoms with Gasteiger partial charge in [0.1, 0.15) is 0 Å². The van der Waals surface area contributed by atoms with Crippen LogP contribution < -0.4 is 5.32 Å². The van der Waals surface area contributed by atoms with E-state index in [2.05, 4.69) is 53.8 Å². The van der Waals surface area contributed by atoms with Crippen molar-refractivity contribution < 1.29 is 34.5 Å². The number of benzene rings is 4. The van der Waals surface area contributed by atoms with Gasteiger partial charge in [-0.2, -0.15) is 0 Å². The summed E-state index contributed by atoms with van der Waals surface area (Å²) in [6.45, 7) is 0. The summed E-state index contributed by atoms with van der Waals surface area (Å²) in [5.41, 5.74) is -0.0864. The second kappa shape index (κ2) is 11.5. The van der Waals surface area contributed by atoms with E-state index in [1.54, 1.807) is 0 Å². The molecular formula is C30H31NO7. The highest BCUT2D eigenvalue weighted by Crippen LogP contribution is 2.36. The lowest BCUT2D eigenvalue weighted by atomic mass is 9.83. The molecule has 0 aliphatic heterocycles. The van der Waals surface area contributed by atoms with E-state index in [-0.39, 0.29) is 50.9 Å². The van der Waals surface area contributed by atoms with Crippen LogP contribution in [-0.2, 0) is 25.6 Å². The van der Waals surface area contributed by atoms with Gasteiger partial charge in [-0.05, 0) is 70.0 Å². The maximum atomic E-state index is 13.0. The van der Waals surface area contributed by atoms with Gasteiger partial charge in [-0.3, -0.25) is 19.2 Å². The van der Waals surface area contributed by atoms with E-state index in [1.807, 2.05) is 6.07 Å². The maximum absolute atomic E-state index is 13.0. The van der Waals surface area contributed by atoms with Crippen LogP contribution in [0.4, 0.5) is 0 Å². The molecule has 4 aromatic rings. The fourth-order valence-corrected chi connectivity index (χ4v) is 5.41. The molecule has 38 heavy (non-hydrogen) atoms. The van der Waals surface area contributed by atoms with Crippen molar-refractivity contribution in [2.75, 3.05) is 0 Å². The predicted octanol–water partition coefficient (Wildman–Crippen LogP) is 5.36. The molecule has 0 atom stereocenters. The van der Waals surface area contributed by atoms with Crippen molar-refractivity contribution >= 4 is 56.1 Å². The summed E-state index contributed by atoms with van der Waals surface area (Å²) in [5, 5.41) is 37.5. The van der Waals surface area contributed by atoms with Gasteiger partial charge in [0, 0.05) is 31.2 Å². The molecule has 0 bridgehead atoms. The molecule has 0 saturated heterocycles. The van der Waals surface area contributed by atoms with Crippen molar-refractivity contribution in [3.63, 3.8) is 0 Å². The monoisotopic (exact) mass is 517 g/mol. The summed E-state index contributed by atoms with van der Waals surface area (Å²) >= 11 is 0. The molecule has 0 aliphatic carbocycles. The van der Waals surface area contributed by atoms with Crippen LogP contribution in [0, 0.1) is 0 Å². The summed E-state index contributed by atoms with van der Waals surface area (Å²) in [7, 11) is 0. The van der Waals surface area contributed by atoms with Crippen molar-refractivity contribution in [3.8, 4) is 0 Å². The lowest BCUT2D eigenvalue weighted by molar-refractivity contribution is -0.139. The molecule has 0 radical (unpaired) electrons. The number of aryl methyl sites for hydroxylation is 1. The highest BCUT2D eigenvalue weighted by atomic mass is 16.4. The first kappa shape index (κ1) is 26.9. The molecule has 0 saturated carbocycles. The van der Waals surface area contributed by atoms with E-state index in [0.717, 1.165) is 16.3 Å². The van der Waals surface area contributed by atoms with E-state index >= 15 is 0 Å². The number of amides is 1. The first-order valence-corrected chi connectivity index (χ1v) is 12.8. The SMILES string of the molecule is O=C(O)CCC(CCC(=O)O)(CCC(=O)O)NC(=O)CCCc1ccc2ccc3cccc4ccc1c2c34. The molecule has 0 aliphatic rings. The van der Waals surface area contributed by atoms with Gasteiger partial charge in [0.15, 0.2) is 0 Å². The average Bonchev–Trinajstić information content (AvgIpc) is 2.88. The standard InChI is InChI=1S/C30H31NO7/c32-24(31-30(16-13-25(33)34,17-14-26(35)36)18-15-27(37)38)6-2-3-19-7-8-22-10-9-20-4-1-5-21-11-12-23(19)29(22)28(20)21/h1,4-5,7-12H,2-3,6,13-18H2,(H,31,32)(H,33,34)(H,35,36)(H,37,38). The summed E-state index contributed by atoms with van der Waals surface area (Å²) in [4.78, 5) is 46.6. The van der Waals surface area contributed by atoms with Gasteiger partial charge < -0.3 is 20.6 Å². The molecule has 0 aromatic heterocycles. The molecule has 1 amide bonds. The normalized spacial score (nSPS) is 11.8. The van der Waals surface area contributed by atoms with Crippen molar-refractivity contribution in [1.82, 2.24) is 5.32 Å². The zero-order valence-corrected chi connectivity index (χ0v) is 21.0. The number of hydrogen-bond acceptors (Lipinski definition) is 4. The number of carbonyl (C=O) groups is 4. The van der Waals surface area contributed by atoms with Crippen molar-refractivity contribution in [3.05, 3.63) is 60.2 Å². The molecule has 198 valence electrons. The van der Waals surface area contributed by atoms with Gasteiger partial charge >= 0.3 is 17.9 Å². The Balaban J connectivity index is 1.49.